The molecule has 1 aromatic carbocycles. The van der Waals surface area contributed by atoms with Crippen LogP contribution in [0.25, 0.3) is 0 Å². The van der Waals surface area contributed by atoms with Crippen LogP contribution in [0.3, 0.4) is 0 Å². The number of aryl methyl sites for hydroxylation is 1. The van der Waals surface area contributed by atoms with E-state index in [4.69, 9.17) is 0 Å². The fourth-order valence-electron chi connectivity index (χ4n) is 1.93. The van der Waals surface area contributed by atoms with Crippen molar-refractivity contribution in [1.82, 2.24) is 14.3 Å². The molecular formula is C15H21N3O2S2. The minimum Gasteiger partial charge on any atom is -0.337 e. The summed E-state index contributed by atoms with van der Waals surface area (Å²) in [5.74, 6) is 0.668. The molecule has 2 rings (SSSR count). The van der Waals surface area contributed by atoms with E-state index in [0.717, 1.165) is 23.0 Å². The number of H-pyrrole nitrogens is 1. The lowest BCUT2D eigenvalue weighted by Gasteiger charge is -2.12. The molecule has 0 saturated heterocycles. The molecular weight excluding hydrogens is 318 g/mol. The molecule has 0 radical (unpaired) electrons. The van der Waals surface area contributed by atoms with Crippen LogP contribution in [0, 0.1) is 6.92 Å². The van der Waals surface area contributed by atoms with Crippen molar-refractivity contribution in [2.24, 2.45) is 0 Å². The first-order chi connectivity index (χ1) is 10.4. The Morgan fingerprint density at radius 1 is 1.27 bits per heavy atom. The largest absolute Gasteiger partial charge is 0.337 e. The Hall–Kier alpha value is -1.31. The van der Waals surface area contributed by atoms with E-state index >= 15 is 0 Å². The molecule has 0 saturated carbocycles. The number of aromatic nitrogens is 2. The predicted octanol–water partition coefficient (Wildman–Crippen LogP) is 2.29. The van der Waals surface area contributed by atoms with Gasteiger partial charge >= 0.3 is 0 Å². The van der Waals surface area contributed by atoms with E-state index in [-0.39, 0.29) is 0 Å². The third-order valence-corrected chi connectivity index (χ3v) is 5.56. The maximum absolute atomic E-state index is 11.3. The average Bonchev–Trinajstić information content (AvgIpc) is 2.79. The molecule has 22 heavy (non-hydrogen) atoms. The number of hydrogen-bond acceptors (Lipinski definition) is 4. The van der Waals surface area contributed by atoms with Crippen LogP contribution in [0.4, 0.5) is 0 Å². The standard InChI is InChI=1S/C15H21N3O2S2/c1-12-14(11-13-7-5-4-6-8-13)17-15(16-12)21-10-9-18(2)22(3,19)20/h4-8H,9-11H2,1-3H3,(H,16,17). The number of nitrogens with one attached hydrogen (secondary N) is 1. The first-order valence-corrected chi connectivity index (χ1v) is 9.83. The van der Waals surface area contributed by atoms with E-state index in [2.05, 4.69) is 22.1 Å². The molecule has 0 aliphatic carbocycles. The second kappa shape index (κ2) is 7.30. The molecule has 7 heteroatoms. The SMILES string of the molecule is Cc1[nH]c(SCCN(C)S(C)(=O)=O)nc1Cc1ccccc1. The van der Waals surface area contributed by atoms with Crippen LogP contribution in [-0.4, -0.2) is 48.3 Å². The third kappa shape index (κ3) is 4.86. The van der Waals surface area contributed by atoms with Gasteiger partial charge in [-0.1, -0.05) is 42.1 Å². The van der Waals surface area contributed by atoms with Crippen molar-refractivity contribution in [2.75, 3.05) is 25.6 Å². The summed E-state index contributed by atoms with van der Waals surface area (Å²) < 4.78 is 24.0. The quantitative estimate of drug-likeness (QED) is 0.786. The Kier molecular flexibility index (Phi) is 5.66. The van der Waals surface area contributed by atoms with Crippen molar-refractivity contribution in [2.45, 2.75) is 18.5 Å². The summed E-state index contributed by atoms with van der Waals surface area (Å²) in [6.07, 6.45) is 2.01. The van der Waals surface area contributed by atoms with Gasteiger partial charge in [0.1, 0.15) is 0 Å². The minimum atomic E-state index is -3.11. The molecule has 1 aromatic heterocycles. The molecule has 0 aliphatic rings. The summed E-state index contributed by atoms with van der Waals surface area (Å²) in [4.78, 5) is 7.86. The third-order valence-electron chi connectivity index (χ3n) is 3.39. The van der Waals surface area contributed by atoms with Gasteiger partial charge in [0.2, 0.25) is 10.0 Å². The second-order valence-corrected chi connectivity index (χ2v) is 8.38. The van der Waals surface area contributed by atoms with Gasteiger partial charge in [-0.25, -0.2) is 17.7 Å². The van der Waals surface area contributed by atoms with Crippen LogP contribution in [0.15, 0.2) is 35.5 Å². The summed E-state index contributed by atoms with van der Waals surface area (Å²) in [5, 5.41) is 0.838. The second-order valence-electron chi connectivity index (χ2n) is 5.21. The van der Waals surface area contributed by atoms with E-state index < -0.39 is 10.0 Å². The van der Waals surface area contributed by atoms with Gasteiger partial charge in [-0.15, -0.1) is 0 Å². The van der Waals surface area contributed by atoms with Gasteiger partial charge < -0.3 is 4.98 Å². The highest BCUT2D eigenvalue weighted by atomic mass is 32.2. The fraction of sp³-hybridized carbons (Fsp3) is 0.400. The monoisotopic (exact) mass is 339 g/mol. The molecule has 1 heterocycles. The lowest BCUT2D eigenvalue weighted by Crippen LogP contribution is -2.27. The molecule has 5 nitrogen and oxygen atoms in total. The molecule has 0 amide bonds. The molecule has 2 aromatic rings. The molecule has 0 atom stereocenters. The zero-order valence-corrected chi connectivity index (χ0v) is 14.7. The normalized spacial score (nSPS) is 12.0. The number of aromatic amines is 1. The number of hydrogen-bond donors (Lipinski definition) is 1. The maximum Gasteiger partial charge on any atom is 0.210 e. The highest BCUT2D eigenvalue weighted by Gasteiger charge is 2.12. The van der Waals surface area contributed by atoms with E-state index in [1.807, 2.05) is 25.1 Å². The Morgan fingerprint density at radius 2 is 1.95 bits per heavy atom. The van der Waals surface area contributed by atoms with Gasteiger partial charge in [-0.3, -0.25) is 0 Å². The number of imidazole rings is 1. The van der Waals surface area contributed by atoms with Crippen molar-refractivity contribution in [3.05, 3.63) is 47.3 Å². The maximum atomic E-state index is 11.3. The van der Waals surface area contributed by atoms with Crippen LogP contribution >= 0.6 is 11.8 Å². The van der Waals surface area contributed by atoms with Gasteiger partial charge in [0.15, 0.2) is 5.16 Å². The van der Waals surface area contributed by atoms with Crippen molar-refractivity contribution >= 4 is 21.8 Å². The summed E-state index contributed by atoms with van der Waals surface area (Å²) in [6.45, 7) is 2.48. The molecule has 0 aliphatic heterocycles. The van der Waals surface area contributed by atoms with Crippen LogP contribution < -0.4 is 0 Å². The van der Waals surface area contributed by atoms with Crippen molar-refractivity contribution in [3.8, 4) is 0 Å². The van der Waals surface area contributed by atoms with Crippen LogP contribution in [0.5, 0.6) is 0 Å². The van der Waals surface area contributed by atoms with E-state index in [1.165, 1.54) is 27.9 Å². The zero-order valence-electron chi connectivity index (χ0n) is 13.0. The zero-order chi connectivity index (χ0) is 16.2. The number of sulfonamides is 1. The summed E-state index contributed by atoms with van der Waals surface area (Å²) in [7, 11) is -1.52. The van der Waals surface area contributed by atoms with E-state index in [9.17, 15) is 8.42 Å². The average molecular weight is 339 g/mol. The predicted molar refractivity (Wildman–Crippen MR) is 90.8 cm³/mol. The lowest BCUT2D eigenvalue weighted by molar-refractivity contribution is 0.494. The van der Waals surface area contributed by atoms with Gasteiger partial charge in [0, 0.05) is 31.5 Å². The van der Waals surface area contributed by atoms with Crippen molar-refractivity contribution < 1.29 is 8.42 Å². The minimum absolute atomic E-state index is 0.470. The number of thioether (sulfide) groups is 1. The van der Waals surface area contributed by atoms with Gasteiger partial charge in [-0.2, -0.15) is 0 Å². The van der Waals surface area contributed by atoms with Crippen LogP contribution in [0.1, 0.15) is 17.0 Å². The molecule has 0 fully saturated rings. The summed E-state index contributed by atoms with van der Waals surface area (Å²) >= 11 is 1.54. The fourth-order valence-corrected chi connectivity index (χ4v) is 3.43. The first kappa shape index (κ1) is 17.1. The smallest absolute Gasteiger partial charge is 0.210 e. The Morgan fingerprint density at radius 3 is 2.59 bits per heavy atom. The van der Waals surface area contributed by atoms with Crippen molar-refractivity contribution in [3.63, 3.8) is 0 Å². The summed E-state index contributed by atoms with van der Waals surface area (Å²) in [6, 6.07) is 10.2. The number of rotatable bonds is 7. The lowest BCUT2D eigenvalue weighted by atomic mass is 10.1. The number of benzene rings is 1. The van der Waals surface area contributed by atoms with E-state index in [1.54, 1.807) is 7.05 Å². The van der Waals surface area contributed by atoms with Gasteiger partial charge in [0.05, 0.1) is 11.9 Å². The Labute approximate surface area is 136 Å². The molecule has 120 valence electrons. The molecule has 0 spiro atoms. The molecule has 0 bridgehead atoms. The van der Waals surface area contributed by atoms with Gasteiger partial charge in [-0.05, 0) is 12.5 Å². The molecule has 0 unspecified atom stereocenters. The van der Waals surface area contributed by atoms with Gasteiger partial charge in [0.25, 0.3) is 0 Å². The topological polar surface area (TPSA) is 66.1 Å². The molecule has 1 N–H and O–H groups in total. The highest BCUT2D eigenvalue weighted by molar-refractivity contribution is 7.99. The Balaban J connectivity index is 1.93. The van der Waals surface area contributed by atoms with Crippen LogP contribution in [-0.2, 0) is 16.4 Å². The van der Waals surface area contributed by atoms with E-state index in [0.29, 0.717) is 12.3 Å². The Bertz CT molecular complexity index is 712. The number of nitrogens with zero attached hydrogens (tertiary/aromatic N) is 2. The first-order valence-electron chi connectivity index (χ1n) is 7.00. The van der Waals surface area contributed by atoms with Crippen molar-refractivity contribution in [1.29, 1.82) is 0 Å². The summed E-state index contributed by atoms with van der Waals surface area (Å²) in [5.41, 5.74) is 3.32. The van der Waals surface area contributed by atoms with Crippen LogP contribution in [0.2, 0.25) is 0 Å². The highest BCUT2D eigenvalue weighted by Crippen LogP contribution is 2.19.